The number of aromatic nitrogens is 1. The first-order valence-corrected chi connectivity index (χ1v) is 12.8. The Kier molecular flexibility index (Phi) is 7.70. The molecule has 4 aromatic rings. The molecule has 2 N–H and O–H groups in total. The number of fused-ring (bicyclic) bond motifs is 1. The van der Waals surface area contributed by atoms with Gasteiger partial charge >= 0.3 is 0 Å². The van der Waals surface area contributed by atoms with Crippen molar-refractivity contribution in [1.82, 2.24) is 9.88 Å². The molecule has 8 nitrogen and oxygen atoms in total. The highest BCUT2D eigenvalue weighted by Gasteiger charge is 2.19. The minimum Gasteiger partial charge on any atom is -0.493 e. The second-order valence-electron chi connectivity index (χ2n) is 9.38. The predicted molar refractivity (Wildman–Crippen MR) is 152 cm³/mol. The molecule has 1 aromatic heterocycles. The number of hydrogen-bond donors (Lipinski definition) is 2. The van der Waals surface area contributed by atoms with Gasteiger partial charge in [0.15, 0.2) is 11.5 Å². The number of anilines is 2. The zero-order valence-corrected chi connectivity index (χ0v) is 22.1. The highest BCUT2D eigenvalue weighted by Crippen LogP contribution is 2.42. The summed E-state index contributed by atoms with van der Waals surface area (Å²) in [7, 11) is 4.69. The van der Waals surface area contributed by atoms with Crippen LogP contribution < -0.4 is 30.0 Å². The van der Waals surface area contributed by atoms with Crippen LogP contribution >= 0.6 is 0 Å². The van der Waals surface area contributed by atoms with E-state index in [1.54, 1.807) is 27.4 Å². The Labute approximate surface area is 222 Å². The van der Waals surface area contributed by atoms with Crippen molar-refractivity contribution in [2.45, 2.75) is 13.1 Å². The number of methoxy groups -OCH3 is 3. The van der Waals surface area contributed by atoms with E-state index in [1.807, 2.05) is 6.07 Å². The van der Waals surface area contributed by atoms with Crippen LogP contribution in [0.4, 0.5) is 11.4 Å². The molecule has 38 heavy (non-hydrogen) atoms. The lowest BCUT2D eigenvalue weighted by atomic mass is 10.1. The van der Waals surface area contributed by atoms with Gasteiger partial charge in [-0.25, -0.2) is 0 Å². The van der Waals surface area contributed by atoms with Gasteiger partial charge in [0.05, 0.1) is 26.8 Å². The zero-order valence-electron chi connectivity index (χ0n) is 22.1. The van der Waals surface area contributed by atoms with Crippen molar-refractivity contribution in [2.75, 3.05) is 57.7 Å². The molecule has 1 aliphatic heterocycles. The third kappa shape index (κ3) is 5.40. The van der Waals surface area contributed by atoms with Gasteiger partial charge in [0.1, 0.15) is 0 Å². The molecule has 1 saturated heterocycles. The first kappa shape index (κ1) is 25.5. The predicted octanol–water partition coefficient (Wildman–Crippen LogP) is 4.49. The minimum atomic E-state index is -0.163. The molecule has 3 aromatic carbocycles. The topological polar surface area (TPSA) is 79.1 Å². The Morgan fingerprint density at radius 1 is 0.842 bits per heavy atom. The van der Waals surface area contributed by atoms with Crippen molar-refractivity contribution in [3.8, 4) is 17.2 Å². The Bertz CT molecular complexity index is 1430. The van der Waals surface area contributed by atoms with E-state index < -0.39 is 0 Å². The fourth-order valence-corrected chi connectivity index (χ4v) is 4.99. The lowest BCUT2D eigenvalue weighted by Crippen LogP contribution is -2.45. The summed E-state index contributed by atoms with van der Waals surface area (Å²) in [5, 5.41) is 4.13. The summed E-state index contributed by atoms with van der Waals surface area (Å²) in [5.41, 5.74) is 4.59. The van der Waals surface area contributed by atoms with Gasteiger partial charge in [0.25, 0.3) is 5.56 Å². The van der Waals surface area contributed by atoms with Crippen molar-refractivity contribution in [3.05, 3.63) is 88.2 Å². The number of benzene rings is 3. The van der Waals surface area contributed by atoms with Crippen LogP contribution in [0.2, 0.25) is 0 Å². The van der Waals surface area contributed by atoms with E-state index in [9.17, 15) is 4.79 Å². The van der Waals surface area contributed by atoms with E-state index in [4.69, 9.17) is 14.2 Å². The molecule has 0 amide bonds. The normalized spacial score (nSPS) is 13.9. The fourth-order valence-electron chi connectivity index (χ4n) is 4.99. The maximum Gasteiger partial charge on any atom is 0.253 e. The molecule has 1 aliphatic rings. The largest absolute Gasteiger partial charge is 0.493 e. The maximum atomic E-state index is 12.8. The smallest absolute Gasteiger partial charge is 0.253 e. The molecule has 2 heterocycles. The lowest BCUT2D eigenvalue weighted by molar-refractivity contribution is 0.250. The van der Waals surface area contributed by atoms with Gasteiger partial charge in [-0.05, 0) is 35.9 Å². The number of ether oxygens (including phenoxy) is 3. The third-order valence-electron chi connectivity index (χ3n) is 7.06. The van der Waals surface area contributed by atoms with Crippen LogP contribution in [0.3, 0.4) is 0 Å². The average molecular weight is 515 g/mol. The average Bonchev–Trinajstić information content (AvgIpc) is 2.96. The maximum absolute atomic E-state index is 12.8. The molecule has 0 bridgehead atoms. The van der Waals surface area contributed by atoms with E-state index in [-0.39, 0.29) is 5.56 Å². The number of aromatic amines is 1. The van der Waals surface area contributed by atoms with Crippen molar-refractivity contribution >= 4 is 22.3 Å². The van der Waals surface area contributed by atoms with Gasteiger partial charge in [-0.2, -0.15) is 0 Å². The van der Waals surface area contributed by atoms with Crippen LogP contribution in [0.25, 0.3) is 10.9 Å². The molecule has 0 unspecified atom stereocenters. The Balaban J connectivity index is 1.23. The van der Waals surface area contributed by atoms with E-state index >= 15 is 0 Å². The summed E-state index contributed by atoms with van der Waals surface area (Å²) in [4.78, 5) is 20.7. The summed E-state index contributed by atoms with van der Waals surface area (Å²) in [6, 6.07) is 22.6. The third-order valence-corrected chi connectivity index (χ3v) is 7.06. The molecule has 0 saturated carbocycles. The summed E-state index contributed by atoms with van der Waals surface area (Å²) in [6.07, 6.45) is 0. The molecule has 0 spiro atoms. The number of nitrogens with one attached hydrogen (secondary N) is 2. The van der Waals surface area contributed by atoms with Crippen molar-refractivity contribution in [3.63, 3.8) is 0 Å². The standard InChI is InChI=1S/C30H34N4O4/c1-36-27-18-26-25(28(37-2)29(27)38-3)17-22(30(35)32-26)19-31-23-9-11-24(12-10-23)34-15-13-33(14-16-34)20-21-7-5-4-6-8-21/h4-12,17-18,31H,13-16,19-20H2,1-3H3,(H,32,35). The second kappa shape index (κ2) is 11.5. The summed E-state index contributed by atoms with van der Waals surface area (Å²) < 4.78 is 16.5. The Hall–Kier alpha value is -4.17. The van der Waals surface area contributed by atoms with Gasteiger partial charge in [-0.3, -0.25) is 9.69 Å². The molecule has 8 heteroatoms. The van der Waals surface area contributed by atoms with Gasteiger partial charge in [0.2, 0.25) is 5.75 Å². The van der Waals surface area contributed by atoms with Crippen LogP contribution in [0, 0.1) is 0 Å². The first-order valence-electron chi connectivity index (χ1n) is 12.8. The monoisotopic (exact) mass is 514 g/mol. The van der Waals surface area contributed by atoms with Gasteiger partial charge in [0, 0.05) is 67.7 Å². The molecule has 198 valence electrons. The summed E-state index contributed by atoms with van der Waals surface area (Å²) in [6.45, 7) is 5.46. The van der Waals surface area contributed by atoms with E-state index in [1.165, 1.54) is 11.3 Å². The minimum absolute atomic E-state index is 0.163. The molecule has 0 aliphatic carbocycles. The number of pyridine rings is 1. The lowest BCUT2D eigenvalue weighted by Gasteiger charge is -2.36. The highest BCUT2D eigenvalue weighted by molar-refractivity contribution is 5.90. The van der Waals surface area contributed by atoms with E-state index in [0.717, 1.165) is 43.8 Å². The molecule has 0 atom stereocenters. The van der Waals surface area contributed by atoms with Gasteiger partial charge in [-0.15, -0.1) is 0 Å². The summed E-state index contributed by atoms with van der Waals surface area (Å²) >= 11 is 0. The van der Waals surface area contributed by atoms with Crippen LogP contribution in [-0.4, -0.2) is 57.4 Å². The number of nitrogens with zero attached hydrogens (tertiary/aromatic N) is 2. The SMILES string of the molecule is COc1cc2[nH]c(=O)c(CNc3ccc(N4CCN(Cc5ccccc5)CC4)cc3)cc2c(OC)c1OC. The molecule has 5 rings (SSSR count). The number of rotatable bonds is 9. The Morgan fingerprint density at radius 2 is 1.55 bits per heavy atom. The van der Waals surface area contributed by atoms with Crippen LogP contribution in [-0.2, 0) is 13.1 Å². The quantitative estimate of drug-likeness (QED) is 0.341. The van der Waals surface area contributed by atoms with Crippen molar-refractivity contribution in [2.24, 2.45) is 0 Å². The number of H-pyrrole nitrogens is 1. The Morgan fingerprint density at radius 3 is 2.21 bits per heavy atom. The van der Waals surface area contributed by atoms with Crippen molar-refractivity contribution < 1.29 is 14.2 Å². The van der Waals surface area contributed by atoms with Crippen LogP contribution in [0.1, 0.15) is 11.1 Å². The molecular formula is C30H34N4O4. The van der Waals surface area contributed by atoms with E-state index in [2.05, 4.69) is 74.7 Å². The fraction of sp³-hybridized carbons (Fsp3) is 0.300. The summed E-state index contributed by atoms with van der Waals surface area (Å²) in [5.74, 6) is 1.51. The van der Waals surface area contributed by atoms with Gasteiger partial charge < -0.3 is 29.4 Å². The zero-order chi connectivity index (χ0) is 26.5. The molecule has 1 fully saturated rings. The first-order chi connectivity index (χ1) is 18.6. The van der Waals surface area contributed by atoms with E-state index in [0.29, 0.717) is 34.9 Å². The van der Waals surface area contributed by atoms with Gasteiger partial charge in [-0.1, -0.05) is 30.3 Å². The van der Waals surface area contributed by atoms with Crippen molar-refractivity contribution in [1.29, 1.82) is 0 Å². The molecule has 0 radical (unpaired) electrons. The highest BCUT2D eigenvalue weighted by atomic mass is 16.5. The molecular weight excluding hydrogens is 480 g/mol. The second-order valence-corrected chi connectivity index (χ2v) is 9.38. The number of hydrogen-bond acceptors (Lipinski definition) is 7. The van der Waals surface area contributed by atoms with Crippen LogP contribution in [0.15, 0.2) is 71.5 Å². The van der Waals surface area contributed by atoms with Crippen LogP contribution in [0.5, 0.6) is 17.2 Å². The number of piperazine rings is 1.